The van der Waals surface area contributed by atoms with Crippen molar-refractivity contribution in [1.82, 2.24) is 0 Å². The molecule has 0 heterocycles. The monoisotopic (exact) mass is 666 g/mol. The summed E-state index contributed by atoms with van der Waals surface area (Å²) >= 11 is 0. The van der Waals surface area contributed by atoms with Crippen LogP contribution in [0.4, 0.5) is 0 Å². The molecule has 0 N–H and O–H groups in total. The maximum Gasteiger partial charge on any atom is 0.0617 e. The van der Waals surface area contributed by atoms with Gasteiger partial charge in [-0.1, -0.05) is 215 Å². The normalized spacial score (nSPS) is 10.5. The van der Waals surface area contributed by atoms with Crippen molar-refractivity contribution in [3.63, 3.8) is 0 Å². The van der Waals surface area contributed by atoms with E-state index in [2.05, 4.69) is 182 Å². The Labute approximate surface area is 287 Å². The predicted octanol–water partition coefficient (Wildman–Crippen LogP) is 9.65. The fraction of sp³-hybridized carbons (Fsp3) is 0.143. The molecule has 0 nitrogen and oxygen atoms in total. The van der Waals surface area contributed by atoms with E-state index in [1.807, 2.05) is 0 Å². The summed E-state index contributed by atoms with van der Waals surface area (Å²) in [5.74, 6) is 0. The van der Waals surface area contributed by atoms with E-state index in [4.69, 9.17) is 0 Å². The van der Waals surface area contributed by atoms with Gasteiger partial charge in [0.2, 0.25) is 0 Å². The average Bonchev–Trinajstić information content (AvgIpc) is 3.08. The van der Waals surface area contributed by atoms with Gasteiger partial charge in [0.25, 0.3) is 0 Å². The maximum absolute atomic E-state index is 2.26. The Bertz CT molecular complexity index is 1260. The molecule has 3 heteroatoms. The molecular weight excluding hydrogens is 626 g/mol. The minimum atomic E-state index is -0.502. The molecule has 0 aliphatic heterocycles. The van der Waals surface area contributed by atoms with E-state index in [0.717, 1.165) is 0 Å². The molecule has 0 aromatic heterocycles. The van der Waals surface area contributed by atoms with E-state index < -0.39 is 17.6 Å². The van der Waals surface area contributed by atoms with Crippen molar-refractivity contribution in [2.24, 2.45) is 0 Å². The Morgan fingerprint density at radius 2 is 0.356 bits per heavy atom. The molecule has 6 aromatic rings. The zero-order valence-electron chi connectivity index (χ0n) is 26.3. The summed E-state index contributed by atoms with van der Waals surface area (Å²) in [6.45, 7) is 0. The number of benzene rings is 6. The summed E-state index contributed by atoms with van der Waals surface area (Å²) in [5, 5.41) is 0. The molecule has 2 radical (unpaired) electrons. The van der Waals surface area contributed by atoms with E-state index in [-0.39, 0.29) is 19.5 Å². The van der Waals surface area contributed by atoms with E-state index >= 15 is 0 Å². The smallest absolute Gasteiger partial charge is 0.0617 e. The van der Waals surface area contributed by atoms with Gasteiger partial charge < -0.3 is 0 Å². The molecule has 0 spiro atoms. The largest absolute Gasteiger partial charge is 0.0622 e. The first-order valence-electron chi connectivity index (χ1n) is 15.7. The first-order chi connectivity index (χ1) is 21.8. The van der Waals surface area contributed by atoms with Crippen molar-refractivity contribution in [3.05, 3.63) is 215 Å². The first-order valence-corrected chi connectivity index (χ1v) is 19.9. The minimum absolute atomic E-state index is 0. The predicted molar refractivity (Wildman–Crippen MR) is 192 cm³/mol. The third-order valence-corrected chi connectivity index (χ3v) is 13.2. The molecule has 0 atom stereocenters. The van der Waals surface area contributed by atoms with Crippen LogP contribution in [0.25, 0.3) is 0 Å². The van der Waals surface area contributed by atoms with E-state index in [1.54, 1.807) is 0 Å². The molecule has 0 bridgehead atoms. The summed E-state index contributed by atoms with van der Waals surface area (Å²) in [5.41, 5.74) is 8.85. The van der Waals surface area contributed by atoms with E-state index in [1.165, 1.54) is 69.6 Å². The molecule has 0 unspecified atom stereocenters. The Morgan fingerprint density at radius 3 is 0.489 bits per heavy atom. The van der Waals surface area contributed by atoms with Crippen molar-refractivity contribution in [3.8, 4) is 0 Å². The molecule has 6 rings (SSSR count). The van der Waals surface area contributed by atoms with Crippen LogP contribution in [0, 0.1) is 0 Å². The molecule has 0 saturated carbocycles. The summed E-state index contributed by atoms with van der Waals surface area (Å²) < 4.78 is 0. The van der Waals surface area contributed by atoms with Crippen LogP contribution < -0.4 is 0 Å². The van der Waals surface area contributed by atoms with Crippen molar-refractivity contribution in [2.45, 2.75) is 36.3 Å². The van der Waals surface area contributed by atoms with Crippen LogP contribution in [0.15, 0.2) is 182 Å². The molecule has 220 valence electrons. The van der Waals surface area contributed by atoms with Crippen LogP contribution in [0.5, 0.6) is 0 Å². The van der Waals surface area contributed by atoms with Gasteiger partial charge in [0.05, 0.1) is 17.6 Å². The van der Waals surface area contributed by atoms with Gasteiger partial charge in [-0.2, -0.15) is 0 Å². The van der Waals surface area contributed by atoms with E-state index in [0.29, 0.717) is 0 Å². The van der Waals surface area contributed by atoms with Crippen LogP contribution in [-0.4, -0.2) is 17.6 Å². The number of hydrogen-bond acceptors (Lipinski definition) is 0. The van der Waals surface area contributed by atoms with Crippen LogP contribution in [0.2, 0.25) is 0 Å². The maximum atomic E-state index is 2.26. The number of rotatable bonds is 12. The van der Waals surface area contributed by atoms with Gasteiger partial charge in [0, 0.05) is 19.5 Å². The Balaban J connectivity index is 0.000000200. The summed E-state index contributed by atoms with van der Waals surface area (Å²) in [6.07, 6.45) is 0. The van der Waals surface area contributed by atoms with Gasteiger partial charge >= 0.3 is 0 Å². The number of hydrogen-bond donors (Lipinski definition) is 0. The first kappa shape index (κ1) is 34.3. The second kappa shape index (κ2) is 19.7. The fourth-order valence-electron chi connectivity index (χ4n) is 5.68. The van der Waals surface area contributed by atoms with Crippen LogP contribution in [0.1, 0.15) is 33.4 Å². The fourth-order valence-corrected chi connectivity index (χ4v) is 11.3. The average molecular weight is 668 g/mol. The summed E-state index contributed by atoms with van der Waals surface area (Å²) in [4.78, 5) is 0. The quantitative estimate of drug-likeness (QED) is 0.114. The molecule has 6 aromatic carbocycles. The Hall–Kier alpha value is -3.62. The van der Waals surface area contributed by atoms with Crippen molar-refractivity contribution in [2.75, 3.05) is 0 Å². The van der Waals surface area contributed by atoms with E-state index in [9.17, 15) is 0 Å². The Kier molecular flexibility index (Phi) is 15.0. The molecule has 0 aliphatic rings. The molecular formula is C42H42Si2Zn. The van der Waals surface area contributed by atoms with Crippen molar-refractivity contribution in [1.29, 1.82) is 0 Å². The zero-order chi connectivity index (χ0) is 30.1. The van der Waals surface area contributed by atoms with Gasteiger partial charge in [-0.25, -0.2) is 0 Å². The molecule has 0 aliphatic carbocycles. The zero-order valence-corrected chi connectivity index (χ0v) is 31.2. The van der Waals surface area contributed by atoms with Crippen LogP contribution in [0.3, 0.4) is 0 Å². The van der Waals surface area contributed by atoms with Crippen molar-refractivity contribution < 1.29 is 19.5 Å². The topological polar surface area (TPSA) is 0 Å². The van der Waals surface area contributed by atoms with Gasteiger partial charge in [-0.3, -0.25) is 0 Å². The third-order valence-electron chi connectivity index (χ3n) is 7.78. The second-order valence-electron chi connectivity index (χ2n) is 11.5. The SMILES string of the molecule is [Zn].c1ccc(C[Si](Cc2ccccc2)Cc2ccccc2)cc1.c1ccc(C[Si](Cc2ccccc2)Cc2ccccc2)cc1. The standard InChI is InChI=1S/2C21H21Si.Zn/c2*1-4-10-19(11-5-1)16-22(17-20-12-6-2-7-13-20)18-21-14-8-3-9-15-21;/h2*1-15H,16-18H2;. The third kappa shape index (κ3) is 12.7. The molecule has 0 fully saturated rings. The summed E-state index contributed by atoms with van der Waals surface area (Å²) in [7, 11) is -1.00. The van der Waals surface area contributed by atoms with Crippen LogP contribution >= 0.6 is 0 Å². The van der Waals surface area contributed by atoms with Crippen molar-refractivity contribution >= 4 is 17.6 Å². The molecule has 0 saturated heterocycles. The molecule has 0 amide bonds. The van der Waals surface area contributed by atoms with Gasteiger partial charge in [-0.15, -0.1) is 0 Å². The molecule has 45 heavy (non-hydrogen) atoms. The second-order valence-corrected chi connectivity index (χ2v) is 16.6. The van der Waals surface area contributed by atoms with Gasteiger partial charge in [-0.05, 0) is 36.3 Å². The minimum Gasteiger partial charge on any atom is -0.0622 e. The van der Waals surface area contributed by atoms with Gasteiger partial charge in [0.15, 0.2) is 0 Å². The van der Waals surface area contributed by atoms with Crippen LogP contribution in [-0.2, 0) is 55.7 Å². The summed E-state index contributed by atoms with van der Waals surface area (Å²) in [6, 6.07) is 73.0. The Morgan fingerprint density at radius 1 is 0.222 bits per heavy atom. The van der Waals surface area contributed by atoms with Gasteiger partial charge in [0.1, 0.15) is 0 Å².